The van der Waals surface area contributed by atoms with Crippen LogP contribution in [0.15, 0.2) is 46.0 Å². The van der Waals surface area contributed by atoms with Crippen molar-refractivity contribution in [3.05, 3.63) is 47.9 Å². The van der Waals surface area contributed by atoms with Crippen LogP contribution in [0.25, 0.3) is 0 Å². The van der Waals surface area contributed by atoms with E-state index < -0.39 is 0 Å². The number of rotatable bonds is 4. The lowest BCUT2D eigenvalue weighted by Gasteiger charge is -1.98. The Labute approximate surface area is 92.6 Å². The second-order valence-electron chi connectivity index (χ2n) is 3.32. The molecule has 16 heavy (non-hydrogen) atoms. The predicted octanol–water partition coefficient (Wildman–Crippen LogP) is 2.43. The Morgan fingerprint density at radius 2 is 2.06 bits per heavy atom. The molecule has 1 aromatic carbocycles. The quantitative estimate of drug-likeness (QED) is 0.580. The van der Waals surface area contributed by atoms with Gasteiger partial charge in [-0.25, -0.2) is 4.79 Å². The highest BCUT2D eigenvalue weighted by molar-refractivity contribution is 5.49. The fourth-order valence-corrected chi connectivity index (χ4v) is 1.48. The average molecular weight is 214 g/mol. The highest BCUT2D eigenvalue weighted by Gasteiger charge is 2.07. The standard InChI is InChI=1S/C12H10N2O2/c15-9-13-11-8-14-16-12(11)7-6-10-4-2-1-3-5-10/h1-5,8H,6-7H2. The molecule has 0 fully saturated rings. The Kier molecular flexibility index (Phi) is 3.26. The van der Waals surface area contributed by atoms with E-state index in [1.54, 1.807) is 0 Å². The SMILES string of the molecule is O=C=Nc1cnoc1CCc1ccccc1. The molecule has 4 heteroatoms. The van der Waals surface area contributed by atoms with Crippen molar-refractivity contribution in [3.8, 4) is 0 Å². The van der Waals surface area contributed by atoms with E-state index in [1.165, 1.54) is 17.8 Å². The first-order chi connectivity index (χ1) is 7.90. The summed E-state index contributed by atoms with van der Waals surface area (Å²) in [6.45, 7) is 0. The van der Waals surface area contributed by atoms with Gasteiger partial charge in [-0.05, 0) is 12.0 Å². The molecular formula is C12H10N2O2. The maximum absolute atomic E-state index is 10.1. The van der Waals surface area contributed by atoms with Crippen LogP contribution in [0.4, 0.5) is 5.69 Å². The molecule has 0 saturated carbocycles. The summed E-state index contributed by atoms with van der Waals surface area (Å²) in [7, 11) is 0. The Bertz CT molecular complexity index is 499. The maximum Gasteiger partial charge on any atom is 0.240 e. The van der Waals surface area contributed by atoms with E-state index >= 15 is 0 Å². The van der Waals surface area contributed by atoms with Crippen molar-refractivity contribution in [2.45, 2.75) is 12.8 Å². The average Bonchev–Trinajstić information content (AvgIpc) is 2.76. The second-order valence-corrected chi connectivity index (χ2v) is 3.32. The van der Waals surface area contributed by atoms with Gasteiger partial charge in [0.15, 0.2) is 5.76 Å². The molecular weight excluding hydrogens is 204 g/mol. The Morgan fingerprint density at radius 1 is 1.25 bits per heavy atom. The molecule has 2 aromatic rings. The van der Waals surface area contributed by atoms with Crippen LogP contribution in [-0.2, 0) is 17.6 Å². The van der Waals surface area contributed by atoms with Gasteiger partial charge in [-0.1, -0.05) is 35.5 Å². The lowest BCUT2D eigenvalue weighted by Crippen LogP contribution is -1.89. The summed E-state index contributed by atoms with van der Waals surface area (Å²) in [5, 5.41) is 3.61. The number of carbonyl (C=O) groups excluding carboxylic acids is 1. The van der Waals surface area contributed by atoms with Gasteiger partial charge in [0, 0.05) is 6.42 Å². The zero-order valence-electron chi connectivity index (χ0n) is 8.59. The first-order valence-corrected chi connectivity index (χ1v) is 4.95. The van der Waals surface area contributed by atoms with Crippen LogP contribution in [0.2, 0.25) is 0 Å². The molecule has 0 unspecified atom stereocenters. The molecule has 0 spiro atoms. The predicted molar refractivity (Wildman–Crippen MR) is 58.1 cm³/mol. The molecule has 0 atom stereocenters. The number of nitrogens with zero attached hydrogens (tertiary/aromatic N) is 2. The molecule has 80 valence electrons. The molecule has 0 saturated heterocycles. The molecule has 1 aromatic heterocycles. The molecule has 0 bridgehead atoms. The van der Waals surface area contributed by atoms with Crippen LogP contribution >= 0.6 is 0 Å². The number of isocyanates is 1. The number of aryl methyl sites for hydroxylation is 2. The molecule has 0 N–H and O–H groups in total. The molecule has 0 aliphatic rings. The monoisotopic (exact) mass is 214 g/mol. The number of aromatic nitrogens is 1. The van der Waals surface area contributed by atoms with E-state index in [9.17, 15) is 4.79 Å². The Morgan fingerprint density at radius 3 is 2.81 bits per heavy atom. The first kappa shape index (κ1) is 10.3. The summed E-state index contributed by atoms with van der Waals surface area (Å²) in [4.78, 5) is 13.7. The zero-order valence-corrected chi connectivity index (χ0v) is 8.59. The van der Waals surface area contributed by atoms with E-state index in [4.69, 9.17) is 4.52 Å². The van der Waals surface area contributed by atoms with Crippen LogP contribution in [0, 0.1) is 0 Å². The molecule has 0 aliphatic carbocycles. The Hall–Kier alpha value is -2.19. The van der Waals surface area contributed by atoms with Gasteiger partial charge in [0.25, 0.3) is 0 Å². The third-order valence-corrected chi connectivity index (χ3v) is 2.27. The van der Waals surface area contributed by atoms with Crippen molar-refractivity contribution in [1.29, 1.82) is 0 Å². The van der Waals surface area contributed by atoms with Gasteiger partial charge in [0.05, 0.1) is 6.20 Å². The molecule has 0 aliphatic heterocycles. The summed E-state index contributed by atoms with van der Waals surface area (Å²) in [5.74, 6) is 0.618. The van der Waals surface area contributed by atoms with Gasteiger partial charge in [-0.3, -0.25) is 0 Å². The fourth-order valence-electron chi connectivity index (χ4n) is 1.48. The van der Waals surface area contributed by atoms with E-state index in [1.807, 2.05) is 30.3 Å². The smallest absolute Gasteiger partial charge is 0.240 e. The van der Waals surface area contributed by atoms with Gasteiger partial charge < -0.3 is 4.52 Å². The Balaban J connectivity index is 2.05. The summed E-state index contributed by atoms with van der Waals surface area (Å²) in [6, 6.07) is 10.0. The third-order valence-electron chi connectivity index (χ3n) is 2.27. The maximum atomic E-state index is 10.1. The minimum Gasteiger partial charge on any atom is -0.359 e. The van der Waals surface area contributed by atoms with Crippen molar-refractivity contribution in [3.63, 3.8) is 0 Å². The van der Waals surface area contributed by atoms with Crippen molar-refractivity contribution >= 4 is 11.8 Å². The third kappa shape index (κ3) is 2.43. The normalized spacial score (nSPS) is 9.75. The summed E-state index contributed by atoms with van der Waals surface area (Å²) >= 11 is 0. The van der Waals surface area contributed by atoms with E-state index in [0.29, 0.717) is 17.9 Å². The van der Waals surface area contributed by atoms with E-state index in [2.05, 4.69) is 10.1 Å². The number of benzene rings is 1. The molecule has 2 rings (SSSR count). The number of hydrogen-bond acceptors (Lipinski definition) is 4. The summed E-state index contributed by atoms with van der Waals surface area (Å²) in [5.41, 5.74) is 1.67. The minimum absolute atomic E-state index is 0.464. The molecule has 1 heterocycles. The summed E-state index contributed by atoms with van der Waals surface area (Å²) < 4.78 is 5.02. The van der Waals surface area contributed by atoms with Crippen LogP contribution in [0.1, 0.15) is 11.3 Å². The fraction of sp³-hybridized carbons (Fsp3) is 0.167. The molecule has 0 radical (unpaired) electrons. The van der Waals surface area contributed by atoms with Gasteiger partial charge in [-0.2, -0.15) is 4.99 Å². The van der Waals surface area contributed by atoms with E-state index in [0.717, 1.165) is 6.42 Å². The lowest BCUT2D eigenvalue weighted by molar-refractivity contribution is 0.383. The molecule has 4 nitrogen and oxygen atoms in total. The van der Waals surface area contributed by atoms with Crippen molar-refractivity contribution in [1.82, 2.24) is 5.16 Å². The number of hydrogen-bond donors (Lipinski definition) is 0. The van der Waals surface area contributed by atoms with Crippen LogP contribution in [0.5, 0.6) is 0 Å². The van der Waals surface area contributed by atoms with Crippen molar-refractivity contribution < 1.29 is 9.32 Å². The highest BCUT2D eigenvalue weighted by Crippen LogP contribution is 2.19. The van der Waals surface area contributed by atoms with Gasteiger partial charge >= 0.3 is 0 Å². The minimum atomic E-state index is 0.464. The van der Waals surface area contributed by atoms with Crippen LogP contribution < -0.4 is 0 Å². The van der Waals surface area contributed by atoms with Gasteiger partial charge in [0.2, 0.25) is 6.08 Å². The summed E-state index contributed by atoms with van der Waals surface area (Å²) in [6.07, 6.45) is 4.41. The highest BCUT2D eigenvalue weighted by atomic mass is 16.5. The number of aliphatic imine (C=N–C) groups is 1. The first-order valence-electron chi connectivity index (χ1n) is 4.95. The van der Waals surface area contributed by atoms with Crippen molar-refractivity contribution in [2.75, 3.05) is 0 Å². The molecule has 0 amide bonds. The largest absolute Gasteiger partial charge is 0.359 e. The van der Waals surface area contributed by atoms with Crippen LogP contribution in [0.3, 0.4) is 0 Å². The van der Waals surface area contributed by atoms with Gasteiger partial charge in [-0.15, -0.1) is 0 Å². The van der Waals surface area contributed by atoms with Crippen molar-refractivity contribution in [2.24, 2.45) is 4.99 Å². The van der Waals surface area contributed by atoms with Crippen LogP contribution in [-0.4, -0.2) is 11.2 Å². The lowest BCUT2D eigenvalue weighted by atomic mass is 10.1. The zero-order chi connectivity index (χ0) is 11.2. The second kappa shape index (κ2) is 5.05. The van der Waals surface area contributed by atoms with E-state index in [-0.39, 0.29) is 0 Å². The topological polar surface area (TPSA) is 55.5 Å². The van der Waals surface area contributed by atoms with Gasteiger partial charge in [0.1, 0.15) is 5.69 Å².